The third-order valence-electron chi connectivity index (χ3n) is 2.69. The number of hydrogen-bond acceptors (Lipinski definition) is 2. The minimum atomic E-state index is -2.00. The molecule has 2 N–H and O–H groups in total. The number of benzene rings is 2. The molecule has 0 atom stereocenters. The third kappa shape index (κ3) is 2.75. The maximum atomic E-state index is 11.4. The second-order valence-electron chi connectivity index (χ2n) is 3.75. The zero-order valence-electron chi connectivity index (χ0n) is 9.78. The number of carboxylic acid groups (broad SMARTS) is 1. The average Bonchev–Trinajstić information content (AvgIpc) is 2.39. The Bertz CT molecular complexity index is 472. The summed E-state index contributed by atoms with van der Waals surface area (Å²) >= 11 is 0. The van der Waals surface area contributed by atoms with E-state index >= 15 is 0 Å². The van der Waals surface area contributed by atoms with Crippen molar-refractivity contribution in [2.75, 3.05) is 0 Å². The first-order valence-electron chi connectivity index (χ1n) is 5.22. The molecule has 0 aromatic heterocycles. The maximum Gasteiger partial charge on any atom is 0.345 e. The largest absolute Gasteiger partial charge is 0.479 e. The molecule has 0 bridgehead atoms. The van der Waals surface area contributed by atoms with Crippen molar-refractivity contribution in [1.82, 2.24) is 0 Å². The normalized spacial score (nSPS) is 10.5. The van der Waals surface area contributed by atoms with Gasteiger partial charge in [0.15, 0.2) is 0 Å². The predicted molar refractivity (Wildman–Crippen MR) is 69.3 cm³/mol. The van der Waals surface area contributed by atoms with E-state index in [2.05, 4.69) is 0 Å². The van der Waals surface area contributed by atoms with E-state index in [1.165, 1.54) is 0 Å². The fraction of sp³-hybridized carbons (Fsp3) is 0.0714. The minimum absolute atomic E-state index is 0. The van der Waals surface area contributed by atoms with Gasteiger partial charge in [-0.05, 0) is 11.1 Å². The molecule has 0 aliphatic rings. The molecule has 0 amide bonds. The Morgan fingerprint density at radius 1 is 0.833 bits per heavy atom. The molecule has 2 rings (SSSR count). The van der Waals surface area contributed by atoms with Gasteiger partial charge in [0.25, 0.3) is 0 Å². The molecular weight excluding hydrogens is 256 g/mol. The molecular formula is C14H12CaO3. The molecule has 4 heteroatoms. The van der Waals surface area contributed by atoms with Crippen molar-refractivity contribution in [3.05, 3.63) is 71.8 Å². The third-order valence-corrected chi connectivity index (χ3v) is 2.69. The summed E-state index contributed by atoms with van der Waals surface area (Å²) in [5.74, 6) is -1.28. The molecule has 3 nitrogen and oxygen atoms in total. The number of carbonyl (C=O) groups is 1. The van der Waals surface area contributed by atoms with Crippen LogP contribution in [0.4, 0.5) is 0 Å². The number of rotatable bonds is 3. The second-order valence-corrected chi connectivity index (χ2v) is 3.75. The summed E-state index contributed by atoms with van der Waals surface area (Å²) in [4.78, 5) is 11.4. The van der Waals surface area contributed by atoms with E-state index in [1.807, 2.05) is 0 Å². The van der Waals surface area contributed by atoms with Gasteiger partial charge < -0.3 is 10.2 Å². The van der Waals surface area contributed by atoms with Crippen LogP contribution < -0.4 is 0 Å². The smallest absolute Gasteiger partial charge is 0.345 e. The summed E-state index contributed by atoms with van der Waals surface area (Å²) in [6, 6.07) is 16.7. The van der Waals surface area contributed by atoms with Gasteiger partial charge in [-0.3, -0.25) is 0 Å². The Balaban J connectivity index is 0.00000162. The Hall–Kier alpha value is -0.870. The van der Waals surface area contributed by atoms with E-state index in [-0.39, 0.29) is 37.7 Å². The van der Waals surface area contributed by atoms with E-state index in [4.69, 9.17) is 0 Å². The first kappa shape index (κ1) is 15.2. The van der Waals surface area contributed by atoms with Gasteiger partial charge in [0.1, 0.15) is 0 Å². The molecule has 0 fully saturated rings. The van der Waals surface area contributed by atoms with Crippen LogP contribution in [0.15, 0.2) is 60.7 Å². The van der Waals surface area contributed by atoms with Gasteiger partial charge >= 0.3 is 5.97 Å². The second kappa shape index (κ2) is 6.34. The molecule has 18 heavy (non-hydrogen) atoms. The van der Waals surface area contributed by atoms with Gasteiger partial charge in [0, 0.05) is 37.7 Å². The van der Waals surface area contributed by atoms with Crippen molar-refractivity contribution in [2.45, 2.75) is 5.60 Å². The van der Waals surface area contributed by atoms with E-state index in [1.54, 1.807) is 60.7 Å². The van der Waals surface area contributed by atoms with Crippen LogP contribution in [0.1, 0.15) is 11.1 Å². The van der Waals surface area contributed by atoms with Crippen LogP contribution in [0, 0.1) is 0 Å². The monoisotopic (exact) mass is 268 g/mol. The molecule has 0 heterocycles. The van der Waals surface area contributed by atoms with Crippen LogP contribution in [0.25, 0.3) is 0 Å². The van der Waals surface area contributed by atoms with Crippen LogP contribution in [0.3, 0.4) is 0 Å². The van der Waals surface area contributed by atoms with Gasteiger partial charge in [-0.1, -0.05) is 60.7 Å². The summed E-state index contributed by atoms with van der Waals surface area (Å²) in [5, 5.41) is 19.7. The number of hydrogen-bond donors (Lipinski definition) is 2. The summed E-state index contributed by atoms with van der Waals surface area (Å²) < 4.78 is 0. The average molecular weight is 268 g/mol. The van der Waals surface area contributed by atoms with E-state index < -0.39 is 11.6 Å². The van der Waals surface area contributed by atoms with Crippen molar-refractivity contribution in [2.24, 2.45) is 0 Å². The SMILES string of the molecule is O=C(O)C(O)(c1ccccc1)c1ccccc1.[Ca]. The standard InChI is InChI=1S/C14H12O3.Ca/c15-13(16)14(17,11-7-3-1-4-8-11)12-9-5-2-6-10-12;/h1-10,17H,(H,15,16);. The maximum absolute atomic E-state index is 11.4. The molecule has 0 aliphatic carbocycles. The predicted octanol–water partition coefficient (Wildman–Crippen LogP) is 1.63. The molecule has 0 aliphatic heterocycles. The fourth-order valence-corrected chi connectivity index (χ4v) is 1.77. The molecule has 88 valence electrons. The molecule has 2 aromatic rings. The number of aliphatic carboxylic acids is 1. The first-order valence-corrected chi connectivity index (χ1v) is 5.22. The summed E-state index contributed by atoms with van der Waals surface area (Å²) in [7, 11) is 0. The van der Waals surface area contributed by atoms with Gasteiger partial charge in [-0.15, -0.1) is 0 Å². The van der Waals surface area contributed by atoms with Crippen molar-refractivity contribution in [3.63, 3.8) is 0 Å². The summed E-state index contributed by atoms with van der Waals surface area (Å²) in [6.07, 6.45) is 0. The quantitative estimate of drug-likeness (QED) is 0.832. The van der Waals surface area contributed by atoms with Crippen LogP contribution in [-0.4, -0.2) is 53.9 Å². The molecule has 2 radical (unpaired) electrons. The minimum Gasteiger partial charge on any atom is -0.479 e. The van der Waals surface area contributed by atoms with Crippen LogP contribution in [0.5, 0.6) is 0 Å². The van der Waals surface area contributed by atoms with Gasteiger partial charge in [0.2, 0.25) is 5.60 Å². The number of aliphatic hydroxyl groups is 1. The van der Waals surface area contributed by atoms with E-state index in [0.717, 1.165) is 0 Å². The van der Waals surface area contributed by atoms with Crippen molar-refractivity contribution < 1.29 is 15.0 Å². The molecule has 2 aromatic carbocycles. The zero-order chi connectivity index (χ0) is 12.3. The fourth-order valence-electron chi connectivity index (χ4n) is 1.77. The van der Waals surface area contributed by atoms with Gasteiger partial charge in [-0.25, -0.2) is 4.79 Å². The van der Waals surface area contributed by atoms with E-state index in [9.17, 15) is 15.0 Å². The van der Waals surface area contributed by atoms with Crippen LogP contribution >= 0.6 is 0 Å². The van der Waals surface area contributed by atoms with Gasteiger partial charge in [0.05, 0.1) is 0 Å². The number of carboxylic acids is 1. The molecule has 0 spiro atoms. The van der Waals surface area contributed by atoms with Crippen LogP contribution in [0.2, 0.25) is 0 Å². The van der Waals surface area contributed by atoms with Crippen molar-refractivity contribution >= 4 is 43.7 Å². The Morgan fingerprint density at radius 2 is 1.17 bits per heavy atom. The Morgan fingerprint density at radius 3 is 1.44 bits per heavy atom. The van der Waals surface area contributed by atoms with Crippen molar-refractivity contribution in [1.29, 1.82) is 0 Å². The molecule has 0 saturated carbocycles. The topological polar surface area (TPSA) is 57.5 Å². The Kier molecular flexibility index (Phi) is 5.35. The summed E-state index contributed by atoms with van der Waals surface area (Å²) in [6.45, 7) is 0. The van der Waals surface area contributed by atoms with Crippen molar-refractivity contribution in [3.8, 4) is 0 Å². The van der Waals surface area contributed by atoms with E-state index in [0.29, 0.717) is 11.1 Å². The summed E-state index contributed by atoms with van der Waals surface area (Å²) in [5.41, 5.74) is -1.31. The molecule has 0 saturated heterocycles. The molecule has 0 unspecified atom stereocenters. The zero-order valence-corrected chi connectivity index (χ0v) is 12.0. The Labute approximate surface area is 135 Å². The van der Waals surface area contributed by atoms with Crippen LogP contribution in [-0.2, 0) is 10.4 Å². The first-order chi connectivity index (χ1) is 8.15. The van der Waals surface area contributed by atoms with Gasteiger partial charge in [-0.2, -0.15) is 0 Å².